The van der Waals surface area contributed by atoms with Crippen molar-refractivity contribution in [3.8, 4) is 0 Å². The fraction of sp³-hybridized carbons (Fsp3) is 0.545. The summed E-state index contributed by atoms with van der Waals surface area (Å²) in [4.78, 5) is 35.4. The fourth-order valence-corrected chi connectivity index (χ4v) is 2.03. The van der Waals surface area contributed by atoms with E-state index >= 15 is 0 Å². The molecule has 0 N–H and O–H groups in total. The highest BCUT2D eigenvalue weighted by Crippen LogP contribution is 2.30. The second-order valence-electron chi connectivity index (χ2n) is 3.76. The number of rotatable bonds is 2. The van der Waals surface area contributed by atoms with Gasteiger partial charge in [0.1, 0.15) is 12.1 Å². The lowest BCUT2D eigenvalue weighted by Crippen LogP contribution is -2.52. The minimum Gasteiger partial charge on any atom is -0.448 e. The van der Waals surface area contributed by atoms with E-state index in [4.69, 9.17) is 9.47 Å². The monoisotopic (exact) mass is 254 g/mol. The average molecular weight is 254 g/mol. The van der Waals surface area contributed by atoms with Gasteiger partial charge in [0.2, 0.25) is 0 Å². The lowest BCUT2D eigenvalue weighted by molar-refractivity contribution is -0.118. The molecule has 1 heterocycles. The molecular formula is C11H14N2O5. The van der Waals surface area contributed by atoms with Gasteiger partial charge in [0, 0.05) is 0 Å². The third-order valence-electron chi connectivity index (χ3n) is 2.73. The van der Waals surface area contributed by atoms with Crippen LogP contribution in [0.1, 0.15) is 13.8 Å². The molecule has 1 fully saturated rings. The summed E-state index contributed by atoms with van der Waals surface area (Å²) < 4.78 is 9.67. The first-order valence-corrected chi connectivity index (χ1v) is 5.75. The molecule has 0 radical (unpaired) electrons. The summed E-state index contributed by atoms with van der Waals surface area (Å²) in [6.07, 6.45) is 1.71. The molecule has 2 bridgehead atoms. The van der Waals surface area contributed by atoms with Gasteiger partial charge in [0.15, 0.2) is 5.78 Å². The van der Waals surface area contributed by atoms with E-state index in [9.17, 15) is 14.4 Å². The first-order valence-electron chi connectivity index (χ1n) is 5.75. The Morgan fingerprint density at radius 3 is 1.78 bits per heavy atom. The number of ketones is 1. The first kappa shape index (κ1) is 12.4. The van der Waals surface area contributed by atoms with E-state index < -0.39 is 24.3 Å². The molecule has 2 atom stereocenters. The summed E-state index contributed by atoms with van der Waals surface area (Å²) in [5.41, 5.74) is 0. The number of carbonyl (C=O) groups is 3. The maximum absolute atomic E-state index is 11.8. The predicted octanol–water partition coefficient (Wildman–Crippen LogP) is 0.708. The number of hydrogen-bond donors (Lipinski definition) is 0. The van der Waals surface area contributed by atoms with Crippen LogP contribution in [0.2, 0.25) is 0 Å². The lowest BCUT2D eigenvalue weighted by atomic mass is 10.2. The lowest BCUT2D eigenvalue weighted by Gasteiger charge is -2.31. The van der Waals surface area contributed by atoms with Crippen LogP contribution in [0.3, 0.4) is 0 Å². The minimum absolute atomic E-state index is 0.168. The van der Waals surface area contributed by atoms with E-state index in [1.165, 1.54) is 0 Å². The van der Waals surface area contributed by atoms with Crippen LogP contribution >= 0.6 is 0 Å². The number of amides is 2. The third-order valence-corrected chi connectivity index (χ3v) is 2.73. The van der Waals surface area contributed by atoms with Crippen LogP contribution in [0.5, 0.6) is 0 Å². The second kappa shape index (κ2) is 4.67. The number of fused-ring (bicyclic) bond motifs is 2. The highest BCUT2D eigenvalue weighted by molar-refractivity contribution is 6.02. The van der Waals surface area contributed by atoms with Crippen molar-refractivity contribution in [1.29, 1.82) is 0 Å². The second-order valence-corrected chi connectivity index (χ2v) is 3.76. The number of Topliss-reactive ketones (excluding diaryl/α,β-unsaturated/α-hetero) is 1. The molecule has 7 heteroatoms. The van der Waals surface area contributed by atoms with Crippen LogP contribution in [-0.4, -0.2) is 53.3 Å². The van der Waals surface area contributed by atoms with Crippen molar-refractivity contribution in [1.82, 2.24) is 10.0 Å². The third kappa shape index (κ3) is 1.71. The van der Waals surface area contributed by atoms with Crippen molar-refractivity contribution < 1.29 is 23.9 Å². The van der Waals surface area contributed by atoms with E-state index in [0.29, 0.717) is 0 Å². The molecule has 7 nitrogen and oxygen atoms in total. The topological polar surface area (TPSA) is 76.2 Å². The number of carbonyl (C=O) groups excluding carboxylic acids is 3. The molecule has 0 aromatic rings. The van der Waals surface area contributed by atoms with E-state index in [-0.39, 0.29) is 19.0 Å². The SMILES string of the molecule is CCOC(=O)N1C2C=CC(C2=O)N1C(=O)OCC. The zero-order chi connectivity index (χ0) is 13.3. The maximum Gasteiger partial charge on any atom is 0.429 e. The van der Waals surface area contributed by atoms with Gasteiger partial charge >= 0.3 is 12.2 Å². The fourth-order valence-electron chi connectivity index (χ4n) is 2.03. The predicted molar refractivity (Wildman–Crippen MR) is 59.4 cm³/mol. The number of hydrazine groups is 1. The Labute approximate surface area is 104 Å². The molecule has 0 spiro atoms. The Bertz CT molecular complexity index is 384. The first-order chi connectivity index (χ1) is 8.61. The van der Waals surface area contributed by atoms with Gasteiger partial charge < -0.3 is 9.47 Å². The molecule has 2 aliphatic rings. The Kier molecular flexibility index (Phi) is 3.22. The molecule has 2 unspecified atom stereocenters. The molecule has 0 aromatic carbocycles. The molecule has 0 aromatic heterocycles. The van der Waals surface area contributed by atoms with E-state index in [1.54, 1.807) is 26.0 Å². The van der Waals surface area contributed by atoms with Gasteiger partial charge in [0.05, 0.1) is 13.2 Å². The molecule has 18 heavy (non-hydrogen) atoms. The summed E-state index contributed by atoms with van der Waals surface area (Å²) in [5, 5.41) is 2.02. The van der Waals surface area contributed by atoms with Crippen molar-refractivity contribution in [2.45, 2.75) is 25.9 Å². The van der Waals surface area contributed by atoms with Crippen LogP contribution in [0.4, 0.5) is 9.59 Å². The van der Waals surface area contributed by atoms with Crippen molar-refractivity contribution in [3.63, 3.8) is 0 Å². The van der Waals surface area contributed by atoms with E-state index in [0.717, 1.165) is 10.0 Å². The molecule has 2 rings (SSSR count). The van der Waals surface area contributed by atoms with Gasteiger partial charge in [-0.05, 0) is 13.8 Å². The average Bonchev–Trinajstić information content (AvgIpc) is 2.83. The highest BCUT2D eigenvalue weighted by Gasteiger charge is 2.54. The molecule has 98 valence electrons. The largest absolute Gasteiger partial charge is 0.448 e. The molecule has 1 aliphatic carbocycles. The summed E-state index contributed by atoms with van der Waals surface area (Å²) in [6, 6.07) is -1.53. The maximum atomic E-state index is 11.8. The Morgan fingerprint density at radius 2 is 1.44 bits per heavy atom. The van der Waals surface area contributed by atoms with Crippen molar-refractivity contribution in [2.75, 3.05) is 13.2 Å². The minimum atomic E-state index is -0.765. The van der Waals surface area contributed by atoms with Crippen molar-refractivity contribution in [2.24, 2.45) is 0 Å². The zero-order valence-corrected chi connectivity index (χ0v) is 10.2. The smallest absolute Gasteiger partial charge is 0.429 e. The van der Waals surface area contributed by atoms with E-state index in [2.05, 4.69) is 0 Å². The summed E-state index contributed by atoms with van der Waals surface area (Å²) >= 11 is 0. The normalized spacial score (nSPS) is 24.7. The van der Waals surface area contributed by atoms with Gasteiger partial charge in [0.25, 0.3) is 0 Å². The van der Waals surface area contributed by atoms with Gasteiger partial charge in [-0.25, -0.2) is 9.59 Å². The van der Waals surface area contributed by atoms with Gasteiger partial charge in [-0.1, -0.05) is 12.2 Å². The van der Waals surface area contributed by atoms with E-state index in [1.807, 2.05) is 0 Å². The number of hydrogen-bond acceptors (Lipinski definition) is 5. The molecule has 2 amide bonds. The number of ether oxygens (including phenoxy) is 2. The van der Waals surface area contributed by atoms with Crippen LogP contribution in [0.25, 0.3) is 0 Å². The zero-order valence-electron chi connectivity index (χ0n) is 10.2. The molecule has 0 saturated carbocycles. The van der Waals surface area contributed by atoms with Crippen molar-refractivity contribution in [3.05, 3.63) is 12.2 Å². The molecule has 1 aliphatic heterocycles. The molecular weight excluding hydrogens is 240 g/mol. The van der Waals surface area contributed by atoms with Gasteiger partial charge in [-0.15, -0.1) is 0 Å². The summed E-state index contributed by atoms with van der Waals surface area (Å²) in [6.45, 7) is 3.64. The number of nitrogens with zero attached hydrogens (tertiary/aromatic N) is 2. The van der Waals surface area contributed by atoms with Crippen LogP contribution in [0.15, 0.2) is 12.2 Å². The summed E-state index contributed by atoms with van der Waals surface area (Å²) in [7, 11) is 0. The molecule has 1 saturated heterocycles. The highest BCUT2D eigenvalue weighted by atomic mass is 16.6. The van der Waals surface area contributed by atoms with Gasteiger partial charge in [-0.3, -0.25) is 4.79 Å². The Hall–Kier alpha value is -2.05. The van der Waals surface area contributed by atoms with Crippen LogP contribution in [0, 0.1) is 0 Å². The Balaban J connectivity index is 2.25. The summed E-state index contributed by atoms with van der Waals surface area (Å²) in [5.74, 6) is -0.226. The Morgan fingerprint density at radius 1 is 1.06 bits per heavy atom. The van der Waals surface area contributed by atoms with Gasteiger partial charge in [-0.2, -0.15) is 10.0 Å². The van der Waals surface area contributed by atoms with Crippen molar-refractivity contribution >= 4 is 18.0 Å². The standard InChI is InChI=1S/C11H14N2O5/c1-3-17-10(15)12-7-5-6-8(9(7)14)13(12)11(16)18-4-2/h5-8H,3-4H2,1-2H3. The quantitative estimate of drug-likeness (QED) is 0.678. The van der Waals surface area contributed by atoms with Crippen LogP contribution < -0.4 is 0 Å². The van der Waals surface area contributed by atoms with Crippen LogP contribution in [-0.2, 0) is 14.3 Å².